The summed E-state index contributed by atoms with van der Waals surface area (Å²) in [6.07, 6.45) is 0.711. The lowest BCUT2D eigenvalue weighted by Gasteiger charge is -2.21. The number of ketones is 1. The maximum Gasteiger partial charge on any atom is 0.267 e. The van der Waals surface area contributed by atoms with E-state index in [9.17, 15) is 13.2 Å². The van der Waals surface area contributed by atoms with Crippen LogP contribution < -0.4 is 4.31 Å². The number of hydrogen-bond donors (Lipinski definition) is 1. The number of para-hydroxylation sites is 2. The minimum Gasteiger partial charge on any atom is -0.323 e. The molecule has 0 amide bonds. The van der Waals surface area contributed by atoms with E-state index in [1.165, 1.54) is 12.1 Å². The summed E-state index contributed by atoms with van der Waals surface area (Å²) in [6.45, 7) is 1.58. The highest BCUT2D eigenvalue weighted by Gasteiger charge is 2.29. The van der Waals surface area contributed by atoms with Crippen LogP contribution in [0, 0.1) is 6.92 Å². The number of Topliss-reactive ketones (excluding diaryl/α,β-unsaturated/α-hetero) is 1. The summed E-state index contributed by atoms with van der Waals surface area (Å²) in [5.41, 5.74) is 2.28. The van der Waals surface area contributed by atoms with Crippen LogP contribution in [0.3, 0.4) is 0 Å². The molecule has 0 aliphatic heterocycles. The number of carbonyl (C=O) groups excluding carboxylic acids is 1. The first kappa shape index (κ1) is 19.4. The maximum atomic E-state index is 13.2. The van der Waals surface area contributed by atoms with E-state index in [4.69, 9.17) is 11.6 Å². The van der Waals surface area contributed by atoms with Crippen molar-refractivity contribution < 1.29 is 13.2 Å². The van der Waals surface area contributed by atoms with Crippen molar-refractivity contribution in [2.75, 3.05) is 16.7 Å². The minimum absolute atomic E-state index is 0.110. The number of anilines is 1. The fraction of sp³-hybridized carbons (Fsp3) is 0.263. The zero-order valence-electron chi connectivity index (χ0n) is 14.9. The summed E-state index contributed by atoms with van der Waals surface area (Å²) in [4.78, 5) is 19.8. The van der Waals surface area contributed by atoms with Gasteiger partial charge >= 0.3 is 0 Å². The number of alkyl halides is 1. The molecule has 0 spiro atoms. The first-order valence-electron chi connectivity index (χ1n) is 8.53. The number of nitrogens with one attached hydrogen (secondary N) is 1. The first-order valence-corrected chi connectivity index (χ1v) is 10.5. The number of halogens is 1. The molecule has 0 fully saturated rings. The van der Waals surface area contributed by atoms with Gasteiger partial charge in [0.1, 0.15) is 0 Å². The molecular formula is C19H20ClN3O3S. The normalized spacial score (nSPS) is 11.6. The standard InChI is InChI=1S/C19H20ClN3O3S/c1-14-8-10-16(11-9-14)27(25,26)23(13-15(24)5-4-12-20)19-21-17-6-2-3-7-18(17)22-19/h2-3,6-11H,4-5,12-13H2,1H3,(H,21,22). The minimum atomic E-state index is -3.95. The molecule has 3 aromatic rings. The van der Waals surface area contributed by atoms with Gasteiger partial charge in [-0.25, -0.2) is 17.7 Å². The topological polar surface area (TPSA) is 83.1 Å². The van der Waals surface area contributed by atoms with Gasteiger partial charge in [0.25, 0.3) is 10.0 Å². The Kier molecular flexibility index (Phi) is 5.82. The van der Waals surface area contributed by atoms with Gasteiger partial charge in [-0.2, -0.15) is 0 Å². The van der Waals surface area contributed by atoms with Crippen LogP contribution in [-0.4, -0.2) is 36.6 Å². The van der Waals surface area contributed by atoms with E-state index < -0.39 is 10.0 Å². The summed E-state index contributed by atoms with van der Waals surface area (Å²) >= 11 is 5.65. The number of aryl methyl sites for hydroxylation is 1. The van der Waals surface area contributed by atoms with Crippen LogP contribution in [0.4, 0.5) is 5.95 Å². The zero-order valence-corrected chi connectivity index (χ0v) is 16.4. The Morgan fingerprint density at radius 2 is 1.85 bits per heavy atom. The molecule has 27 heavy (non-hydrogen) atoms. The molecule has 142 valence electrons. The third-order valence-electron chi connectivity index (χ3n) is 4.13. The van der Waals surface area contributed by atoms with Crippen LogP contribution in [-0.2, 0) is 14.8 Å². The van der Waals surface area contributed by atoms with Crippen molar-refractivity contribution in [3.63, 3.8) is 0 Å². The molecule has 0 unspecified atom stereocenters. The largest absolute Gasteiger partial charge is 0.323 e. The summed E-state index contributed by atoms with van der Waals surface area (Å²) in [6, 6.07) is 13.7. The van der Waals surface area contributed by atoms with Crippen molar-refractivity contribution in [1.82, 2.24) is 9.97 Å². The Labute approximate surface area is 163 Å². The number of rotatable bonds is 8. The van der Waals surface area contributed by atoms with E-state index in [1.807, 2.05) is 19.1 Å². The van der Waals surface area contributed by atoms with Crippen molar-refractivity contribution in [3.05, 3.63) is 54.1 Å². The number of H-pyrrole nitrogens is 1. The first-order chi connectivity index (χ1) is 12.9. The molecule has 0 radical (unpaired) electrons. The number of aromatic amines is 1. The molecule has 0 saturated heterocycles. The van der Waals surface area contributed by atoms with Crippen LogP contribution in [0.15, 0.2) is 53.4 Å². The van der Waals surface area contributed by atoms with E-state index in [-0.39, 0.29) is 29.6 Å². The molecule has 0 aliphatic rings. The second kappa shape index (κ2) is 8.10. The van der Waals surface area contributed by atoms with Crippen molar-refractivity contribution in [2.45, 2.75) is 24.7 Å². The number of aromatic nitrogens is 2. The number of hydrogen-bond acceptors (Lipinski definition) is 4. The van der Waals surface area contributed by atoms with Gasteiger partial charge in [-0.05, 0) is 37.6 Å². The van der Waals surface area contributed by atoms with E-state index in [1.54, 1.807) is 24.3 Å². The van der Waals surface area contributed by atoms with Gasteiger partial charge in [-0.1, -0.05) is 29.8 Å². The molecule has 1 N–H and O–H groups in total. The number of fused-ring (bicyclic) bond motifs is 1. The Bertz CT molecular complexity index is 1010. The molecular weight excluding hydrogens is 386 g/mol. The Morgan fingerprint density at radius 1 is 1.15 bits per heavy atom. The second-order valence-corrected chi connectivity index (χ2v) is 8.47. The van der Waals surface area contributed by atoms with Crippen molar-refractivity contribution in [2.24, 2.45) is 0 Å². The van der Waals surface area contributed by atoms with E-state index in [0.29, 0.717) is 23.3 Å². The fourth-order valence-electron chi connectivity index (χ4n) is 2.67. The van der Waals surface area contributed by atoms with Gasteiger partial charge in [0.15, 0.2) is 5.78 Å². The fourth-order valence-corrected chi connectivity index (χ4v) is 4.17. The van der Waals surface area contributed by atoms with E-state index >= 15 is 0 Å². The lowest BCUT2D eigenvalue weighted by atomic mass is 10.2. The highest BCUT2D eigenvalue weighted by molar-refractivity contribution is 7.92. The third kappa shape index (κ3) is 4.31. The number of nitrogens with zero attached hydrogens (tertiary/aromatic N) is 2. The highest BCUT2D eigenvalue weighted by atomic mass is 35.5. The molecule has 0 bridgehead atoms. The lowest BCUT2D eigenvalue weighted by Crippen LogP contribution is -2.36. The molecule has 0 aliphatic carbocycles. The Morgan fingerprint density at radius 3 is 2.52 bits per heavy atom. The van der Waals surface area contributed by atoms with E-state index in [0.717, 1.165) is 9.87 Å². The maximum absolute atomic E-state index is 13.2. The summed E-state index contributed by atoms with van der Waals surface area (Å²) in [5.74, 6) is 0.254. The monoisotopic (exact) mass is 405 g/mol. The van der Waals surface area contributed by atoms with Gasteiger partial charge in [0, 0.05) is 12.3 Å². The second-order valence-electron chi connectivity index (χ2n) is 6.23. The number of imidazole rings is 1. The Balaban J connectivity index is 2.03. The average molecular weight is 406 g/mol. The molecule has 1 aromatic heterocycles. The summed E-state index contributed by atoms with van der Waals surface area (Å²) in [7, 11) is -3.95. The lowest BCUT2D eigenvalue weighted by molar-refractivity contribution is -0.117. The third-order valence-corrected chi connectivity index (χ3v) is 6.15. The molecule has 2 aromatic carbocycles. The van der Waals surface area contributed by atoms with Crippen LogP contribution in [0.5, 0.6) is 0 Å². The van der Waals surface area contributed by atoms with Gasteiger partial charge in [-0.3, -0.25) is 4.79 Å². The van der Waals surface area contributed by atoms with Crippen LogP contribution >= 0.6 is 11.6 Å². The van der Waals surface area contributed by atoms with Gasteiger partial charge in [0.05, 0.1) is 22.5 Å². The number of benzene rings is 2. The van der Waals surface area contributed by atoms with Gasteiger partial charge < -0.3 is 4.98 Å². The predicted octanol–water partition coefficient (Wildman–Crippen LogP) is 3.65. The van der Waals surface area contributed by atoms with Crippen molar-refractivity contribution in [3.8, 4) is 0 Å². The SMILES string of the molecule is Cc1ccc(S(=O)(=O)N(CC(=O)CCCCl)c2nc3ccccc3[nH]2)cc1. The van der Waals surface area contributed by atoms with Gasteiger partial charge in [-0.15, -0.1) is 11.6 Å². The number of sulfonamides is 1. The molecule has 1 heterocycles. The summed E-state index contributed by atoms with van der Waals surface area (Å²) in [5, 5.41) is 0. The number of carbonyl (C=O) groups is 1. The Hall–Kier alpha value is -2.38. The van der Waals surface area contributed by atoms with Crippen molar-refractivity contribution in [1.29, 1.82) is 0 Å². The quantitative estimate of drug-likeness (QED) is 0.580. The molecule has 3 rings (SSSR count). The van der Waals surface area contributed by atoms with Crippen LogP contribution in [0.1, 0.15) is 18.4 Å². The highest BCUT2D eigenvalue weighted by Crippen LogP contribution is 2.24. The average Bonchev–Trinajstić information content (AvgIpc) is 3.08. The van der Waals surface area contributed by atoms with Crippen LogP contribution in [0.25, 0.3) is 11.0 Å². The molecule has 6 nitrogen and oxygen atoms in total. The predicted molar refractivity (Wildman–Crippen MR) is 107 cm³/mol. The smallest absolute Gasteiger partial charge is 0.267 e. The van der Waals surface area contributed by atoms with Crippen molar-refractivity contribution >= 4 is 44.4 Å². The molecule has 0 saturated carbocycles. The zero-order chi connectivity index (χ0) is 19.4. The van der Waals surface area contributed by atoms with Crippen LogP contribution in [0.2, 0.25) is 0 Å². The molecule has 0 atom stereocenters. The summed E-state index contributed by atoms with van der Waals surface area (Å²) < 4.78 is 27.5. The van der Waals surface area contributed by atoms with Gasteiger partial charge in [0.2, 0.25) is 5.95 Å². The van der Waals surface area contributed by atoms with E-state index in [2.05, 4.69) is 9.97 Å². The molecule has 8 heteroatoms.